The minimum atomic E-state index is -0.303. The van der Waals surface area contributed by atoms with Gasteiger partial charge in [0.1, 0.15) is 5.82 Å². The second kappa shape index (κ2) is 9.30. The summed E-state index contributed by atoms with van der Waals surface area (Å²) in [6.45, 7) is 1.44. The predicted octanol–water partition coefficient (Wildman–Crippen LogP) is 2.92. The minimum absolute atomic E-state index is 0. The van der Waals surface area contributed by atoms with Crippen molar-refractivity contribution in [3.05, 3.63) is 35.0 Å². The quantitative estimate of drug-likeness (QED) is 0.811. The van der Waals surface area contributed by atoms with Crippen LogP contribution >= 0.6 is 23.7 Å². The first kappa shape index (κ1) is 20.6. The van der Waals surface area contributed by atoms with Crippen LogP contribution in [-0.4, -0.2) is 42.4 Å². The first-order valence-electron chi connectivity index (χ1n) is 8.55. The number of amides is 2. The van der Waals surface area contributed by atoms with Crippen molar-refractivity contribution in [3.63, 3.8) is 0 Å². The van der Waals surface area contributed by atoms with Gasteiger partial charge < -0.3 is 16.0 Å². The van der Waals surface area contributed by atoms with E-state index in [2.05, 4.69) is 5.32 Å². The first-order valence-corrected chi connectivity index (χ1v) is 9.37. The minimum Gasteiger partial charge on any atom is -0.354 e. The van der Waals surface area contributed by atoms with E-state index in [9.17, 15) is 14.0 Å². The molecule has 0 aliphatic carbocycles. The average molecular weight is 400 g/mol. The van der Waals surface area contributed by atoms with Crippen LogP contribution < -0.4 is 11.1 Å². The number of carbonyl (C=O) groups excluding carboxylic acids is 2. The van der Waals surface area contributed by atoms with Crippen LogP contribution in [0.15, 0.2) is 24.3 Å². The second-order valence-corrected chi connectivity index (χ2v) is 7.37. The molecule has 26 heavy (non-hydrogen) atoms. The number of likely N-dealkylation sites (tertiary alicyclic amines) is 1. The molecule has 0 spiro atoms. The van der Waals surface area contributed by atoms with Gasteiger partial charge >= 0.3 is 0 Å². The van der Waals surface area contributed by atoms with Gasteiger partial charge in [-0.3, -0.25) is 9.59 Å². The first-order chi connectivity index (χ1) is 12.1. The van der Waals surface area contributed by atoms with Crippen LogP contribution in [0.2, 0.25) is 0 Å². The lowest BCUT2D eigenvalue weighted by molar-refractivity contribution is -0.121. The van der Waals surface area contributed by atoms with Crippen molar-refractivity contribution in [2.45, 2.75) is 31.7 Å². The van der Waals surface area contributed by atoms with Crippen molar-refractivity contribution in [1.82, 2.24) is 10.2 Å². The van der Waals surface area contributed by atoms with E-state index in [1.54, 1.807) is 12.1 Å². The van der Waals surface area contributed by atoms with E-state index in [1.807, 2.05) is 4.90 Å². The molecule has 1 atom stereocenters. The SMILES string of the molecule is Cl.NCCC(=O)NCC1CCCCN1C(=O)c1cc2cc(F)ccc2s1. The third-order valence-electron chi connectivity index (χ3n) is 4.48. The van der Waals surface area contributed by atoms with Crippen molar-refractivity contribution >= 4 is 45.6 Å². The summed E-state index contributed by atoms with van der Waals surface area (Å²) in [6.07, 6.45) is 3.16. The Bertz CT molecular complexity index is 783. The van der Waals surface area contributed by atoms with Gasteiger partial charge in [-0.15, -0.1) is 23.7 Å². The third kappa shape index (κ3) is 4.72. The zero-order chi connectivity index (χ0) is 17.8. The molecule has 1 saturated heterocycles. The lowest BCUT2D eigenvalue weighted by Crippen LogP contribution is -2.49. The Balaban J connectivity index is 0.00000243. The number of halogens is 2. The van der Waals surface area contributed by atoms with Crippen molar-refractivity contribution < 1.29 is 14.0 Å². The normalized spacial score (nSPS) is 17.0. The summed E-state index contributed by atoms with van der Waals surface area (Å²) in [5.41, 5.74) is 5.39. The average Bonchev–Trinajstić information content (AvgIpc) is 3.03. The van der Waals surface area contributed by atoms with E-state index < -0.39 is 0 Å². The van der Waals surface area contributed by atoms with Crippen LogP contribution in [0.3, 0.4) is 0 Å². The number of carbonyl (C=O) groups is 2. The van der Waals surface area contributed by atoms with Crippen LogP contribution in [-0.2, 0) is 4.79 Å². The molecule has 2 amide bonds. The van der Waals surface area contributed by atoms with Crippen LogP contribution in [0, 0.1) is 5.82 Å². The Hall–Kier alpha value is -1.70. The molecule has 142 valence electrons. The summed E-state index contributed by atoms with van der Waals surface area (Å²) < 4.78 is 14.3. The molecular weight excluding hydrogens is 377 g/mol. The Morgan fingerprint density at radius 1 is 1.31 bits per heavy atom. The molecule has 0 radical (unpaired) electrons. The van der Waals surface area contributed by atoms with Gasteiger partial charge in [0.05, 0.1) is 4.88 Å². The van der Waals surface area contributed by atoms with Gasteiger partial charge in [0, 0.05) is 36.8 Å². The maximum atomic E-state index is 13.4. The molecule has 1 unspecified atom stereocenters. The standard InChI is InChI=1S/C18H22FN3O2S.ClH/c19-13-4-5-15-12(9-13)10-16(25-15)18(24)22-8-2-1-3-14(22)11-21-17(23)6-7-20;/h4-5,9-10,14H,1-3,6-8,11,20H2,(H,21,23);1H. The van der Waals surface area contributed by atoms with Crippen molar-refractivity contribution in [2.75, 3.05) is 19.6 Å². The Morgan fingerprint density at radius 3 is 2.88 bits per heavy atom. The largest absolute Gasteiger partial charge is 0.354 e. The number of nitrogens with two attached hydrogens (primary N) is 1. The van der Waals surface area contributed by atoms with Gasteiger partial charge in [0.2, 0.25) is 5.91 Å². The number of thiophene rings is 1. The van der Waals surface area contributed by atoms with Crippen LogP contribution in [0.5, 0.6) is 0 Å². The number of hydrogen-bond acceptors (Lipinski definition) is 4. The van der Waals surface area contributed by atoms with E-state index in [1.165, 1.54) is 23.5 Å². The van der Waals surface area contributed by atoms with Gasteiger partial charge in [-0.05, 0) is 48.9 Å². The zero-order valence-electron chi connectivity index (χ0n) is 14.4. The monoisotopic (exact) mass is 399 g/mol. The van der Waals surface area contributed by atoms with E-state index >= 15 is 0 Å². The van der Waals surface area contributed by atoms with Crippen LogP contribution in [0.1, 0.15) is 35.4 Å². The molecule has 3 rings (SSSR count). The summed E-state index contributed by atoms with van der Waals surface area (Å²) >= 11 is 1.38. The van der Waals surface area contributed by atoms with Crippen LogP contribution in [0.4, 0.5) is 4.39 Å². The fraction of sp³-hybridized carbons (Fsp3) is 0.444. The fourth-order valence-electron chi connectivity index (χ4n) is 3.19. The molecule has 1 aromatic carbocycles. The number of fused-ring (bicyclic) bond motifs is 1. The highest BCUT2D eigenvalue weighted by Crippen LogP contribution is 2.29. The van der Waals surface area contributed by atoms with Gasteiger partial charge in [0.25, 0.3) is 5.91 Å². The maximum absolute atomic E-state index is 13.4. The summed E-state index contributed by atoms with van der Waals surface area (Å²) in [5.74, 6) is -0.431. The zero-order valence-corrected chi connectivity index (χ0v) is 16.0. The molecule has 5 nitrogen and oxygen atoms in total. The summed E-state index contributed by atoms with van der Waals surface area (Å²) in [7, 11) is 0. The molecule has 2 heterocycles. The Morgan fingerprint density at radius 2 is 2.12 bits per heavy atom. The highest BCUT2D eigenvalue weighted by molar-refractivity contribution is 7.20. The number of hydrogen-bond donors (Lipinski definition) is 2. The molecule has 1 aromatic heterocycles. The lowest BCUT2D eigenvalue weighted by atomic mass is 10.0. The van der Waals surface area contributed by atoms with Gasteiger partial charge in [-0.25, -0.2) is 4.39 Å². The number of rotatable bonds is 5. The van der Waals surface area contributed by atoms with Gasteiger partial charge in [-0.1, -0.05) is 0 Å². The third-order valence-corrected chi connectivity index (χ3v) is 5.59. The van der Waals surface area contributed by atoms with Crippen molar-refractivity contribution in [2.24, 2.45) is 5.73 Å². The highest BCUT2D eigenvalue weighted by atomic mass is 35.5. The number of nitrogens with zero attached hydrogens (tertiary/aromatic N) is 1. The molecule has 0 saturated carbocycles. The Labute approximate surface area is 162 Å². The van der Waals surface area contributed by atoms with Crippen molar-refractivity contribution in [1.29, 1.82) is 0 Å². The predicted molar refractivity (Wildman–Crippen MR) is 104 cm³/mol. The molecule has 1 aliphatic heterocycles. The Kier molecular flexibility index (Phi) is 7.37. The number of piperidine rings is 1. The van der Waals surface area contributed by atoms with Gasteiger partial charge in [-0.2, -0.15) is 0 Å². The second-order valence-electron chi connectivity index (χ2n) is 6.28. The fourth-order valence-corrected chi connectivity index (χ4v) is 4.19. The molecule has 2 aromatic rings. The molecule has 1 fully saturated rings. The number of benzene rings is 1. The van der Waals surface area contributed by atoms with Gasteiger partial charge in [0.15, 0.2) is 0 Å². The van der Waals surface area contributed by atoms with E-state index in [4.69, 9.17) is 5.73 Å². The van der Waals surface area contributed by atoms with E-state index in [-0.39, 0.29) is 36.1 Å². The molecule has 3 N–H and O–H groups in total. The maximum Gasteiger partial charge on any atom is 0.264 e. The highest BCUT2D eigenvalue weighted by Gasteiger charge is 2.28. The summed E-state index contributed by atoms with van der Waals surface area (Å²) in [6, 6.07) is 6.30. The van der Waals surface area contributed by atoms with Crippen LogP contribution in [0.25, 0.3) is 10.1 Å². The smallest absolute Gasteiger partial charge is 0.264 e. The van der Waals surface area contributed by atoms with E-state index in [0.717, 1.165) is 29.3 Å². The molecule has 8 heteroatoms. The van der Waals surface area contributed by atoms with Crippen molar-refractivity contribution in [3.8, 4) is 0 Å². The molecular formula is C18H23ClFN3O2S. The lowest BCUT2D eigenvalue weighted by Gasteiger charge is -2.35. The molecule has 1 aliphatic rings. The molecule has 0 bridgehead atoms. The topological polar surface area (TPSA) is 75.4 Å². The summed E-state index contributed by atoms with van der Waals surface area (Å²) in [4.78, 5) is 27.1. The van der Waals surface area contributed by atoms with E-state index in [0.29, 0.717) is 30.9 Å². The number of nitrogens with one attached hydrogen (secondary N) is 1. The summed E-state index contributed by atoms with van der Waals surface area (Å²) in [5, 5.41) is 3.61.